The van der Waals surface area contributed by atoms with Crippen LogP contribution in [0, 0.1) is 5.82 Å². The maximum Gasteiger partial charge on any atom is 0.339 e. The van der Waals surface area contributed by atoms with Crippen LogP contribution in [0.1, 0.15) is 44.0 Å². The first-order valence-electron chi connectivity index (χ1n) is 11.5. The van der Waals surface area contributed by atoms with Crippen LogP contribution in [0.2, 0.25) is 0 Å². The molecular formula is C27H22FN3O4S. The summed E-state index contributed by atoms with van der Waals surface area (Å²) in [5.74, 6) is -2.23. The van der Waals surface area contributed by atoms with Crippen molar-refractivity contribution in [2.75, 3.05) is 11.9 Å². The Morgan fingerprint density at radius 1 is 1.06 bits per heavy atom. The molecule has 2 aromatic heterocycles. The summed E-state index contributed by atoms with van der Waals surface area (Å²) in [5.41, 5.74) is 8.74. The summed E-state index contributed by atoms with van der Waals surface area (Å²) >= 11 is 1.34. The zero-order chi connectivity index (χ0) is 25.2. The number of aryl methyl sites for hydroxylation is 1. The monoisotopic (exact) mass is 503 g/mol. The van der Waals surface area contributed by atoms with E-state index in [2.05, 4.69) is 10.3 Å². The van der Waals surface area contributed by atoms with Gasteiger partial charge in [-0.2, -0.15) is 0 Å². The van der Waals surface area contributed by atoms with Crippen molar-refractivity contribution in [3.05, 3.63) is 82.0 Å². The lowest BCUT2D eigenvalue weighted by Crippen LogP contribution is -2.23. The molecule has 2 heterocycles. The quantitative estimate of drug-likeness (QED) is 0.365. The summed E-state index contributed by atoms with van der Waals surface area (Å²) in [4.78, 5) is 43.3. The van der Waals surface area contributed by atoms with Crippen molar-refractivity contribution in [2.24, 2.45) is 5.73 Å². The Labute approximate surface area is 210 Å². The Hall–Kier alpha value is -4.11. The maximum atomic E-state index is 13.4. The SMILES string of the molecule is NC(=O)c1c(NC(=O)COC(=O)c2cc(-c3ccc(F)cc3)nc3ccccc23)sc2c1CCCC2. The lowest BCUT2D eigenvalue weighted by atomic mass is 9.95. The molecule has 1 aliphatic carbocycles. The molecular weight excluding hydrogens is 481 g/mol. The van der Waals surface area contributed by atoms with E-state index < -0.39 is 24.4 Å². The summed E-state index contributed by atoms with van der Waals surface area (Å²) < 4.78 is 18.7. The summed E-state index contributed by atoms with van der Waals surface area (Å²) in [6.07, 6.45) is 3.59. The number of esters is 1. The smallest absolute Gasteiger partial charge is 0.339 e. The molecule has 1 aliphatic rings. The third-order valence-electron chi connectivity index (χ3n) is 6.08. The number of ether oxygens (including phenoxy) is 1. The lowest BCUT2D eigenvalue weighted by Gasteiger charge is -2.11. The van der Waals surface area contributed by atoms with Crippen LogP contribution in [0.25, 0.3) is 22.2 Å². The van der Waals surface area contributed by atoms with Gasteiger partial charge in [0.15, 0.2) is 6.61 Å². The number of pyridine rings is 1. The van der Waals surface area contributed by atoms with E-state index in [-0.39, 0.29) is 11.4 Å². The molecule has 0 spiro atoms. The number of carbonyl (C=O) groups excluding carboxylic acids is 3. The Kier molecular flexibility index (Phi) is 6.47. The summed E-state index contributed by atoms with van der Waals surface area (Å²) in [6, 6.07) is 14.4. The van der Waals surface area contributed by atoms with E-state index in [1.54, 1.807) is 42.5 Å². The first kappa shape index (κ1) is 23.6. The summed E-state index contributed by atoms with van der Waals surface area (Å²) in [7, 11) is 0. The number of benzene rings is 2. The highest BCUT2D eigenvalue weighted by Crippen LogP contribution is 2.37. The highest BCUT2D eigenvalue weighted by atomic mass is 32.1. The number of anilines is 1. The molecule has 36 heavy (non-hydrogen) atoms. The van der Waals surface area contributed by atoms with Gasteiger partial charge in [-0.05, 0) is 67.6 Å². The topological polar surface area (TPSA) is 111 Å². The average molecular weight is 504 g/mol. The van der Waals surface area contributed by atoms with E-state index >= 15 is 0 Å². The molecule has 4 aromatic rings. The Morgan fingerprint density at radius 3 is 2.58 bits per heavy atom. The minimum Gasteiger partial charge on any atom is -0.452 e. The van der Waals surface area contributed by atoms with Gasteiger partial charge in [0.25, 0.3) is 11.8 Å². The van der Waals surface area contributed by atoms with Crippen LogP contribution in [-0.4, -0.2) is 29.4 Å². The minimum atomic E-state index is -0.701. The number of nitrogens with zero attached hydrogens (tertiary/aromatic N) is 1. The number of carbonyl (C=O) groups is 3. The second-order valence-corrected chi connectivity index (χ2v) is 9.59. The van der Waals surface area contributed by atoms with E-state index in [0.717, 1.165) is 36.1 Å². The number of amides is 2. The number of hydrogen-bond acceptors (Lipinski definition) is 6. The molecule has 2 amide bonds. The van der Waals surface area contributed by atoms with Crippen molar-refractivity contribution < 1.29 is 23.5 Å². The zero-order valence-corrected chi connectivity index (χ0v) is 20.0. The molecule has 5 rings (SSSR count). The van der Waals surface area contributed by atoms with Crippen molar-refractivity contribution in [2.45, 2.75) is 25.7 Å². The normalized spacial score (nSPS) is 12.7. The molecule has 0 unspecified atom stereocenters. The number of fused-ring (bicyclic) bond motifs is 2. The van der Waals surface area contributed by atoms with Gasteiger partial charge >= 0.3 is 5.97 Å². The molecule has 0 saturated heterocycles. The fourth-order valence-corrected chi connectivity index (χ4v) is 5.71. The zero-order valence-electron chi connectivity index (χ0n) is 19.2. The first-order chi connectivity index (χ1) is 17.4. The van der Waals surface area contributed by atoms with Crippen LogP contribution in [-0.2, 0) is 22.4 Å². The van der Waals surface area contributed by atoms with Crippen LogP contribution < -0.4 is 11.1 Å². The lowest BCUT2D eigenvalue weighted by molar-refractivity contribution is -0.119. The van der Waals surface area contributed by atoms with Crippen molar-refractivity contribution >= 4 is 45.0 Å². The largest absolute Gasteiger partial charge is 0.452 e. The van der Waals surface area contributed by atoms with Crippen LogP contribution in [0.5, 0.6) is 0 Å². The number of nitrogens with two attached hydrogens (primary N) is 1. The second kappa shape index (κ2) is 9.87. The van der Waals surface area contributed by atoms with Gasteiger partial charge in [0.2, 0.25) is 0 Å². The Morgan fingerprint density at radius 2 is 1.81 bits per heavy atom. The highest BCUT2D eigenvalue weighted by Gasteiger charge is 2.25. The van der Waals surface area contributed by atoms with E-state index in [9.17, 15) is 18.8 Å². The number of para-hydroxylation sites is 1. The third kappa shape index (κ3) is 4.70. The Bertz CT molecular complexity index is 1500. The molecule has 0 aliphatic heterocycles. The van der Waals surface area contributed by atoms with Gasteiger partial charge in [0.05, 0.1) is 22.3 Å². The van der Waals surface area contributed by atoms with Crippen LogP contribution in [0.4, 0.5) is 9.39 Å². The molecule has 0 atom stereocenters. The van der Waals surface area contributed by atoms with Gasteiger partial charge in [0.1, 0.15) is 10.8 Å². The molecule has 182 valence electrons. The van der Waals surface area contributed by atoms with Crippen molar-refractivity contribution in [3.63, 3.8) is 0 Å². The second-order valence-electron chi connectivity index (χ2n) is 8.48. The fourth-order valence-electron chi connectivity index (χ4n) is 4.40. The predicted octanol–water partition coefficient (Wildman–Crippen LogP) is 4.88. The first-order valence-corrected chi connectivity index (χ1v) is 12.3. The number of aromatic nitrogens is 1. The molecule has 0 fully saturated rings. The number of rotatable bonds is 6. The average Bonchev–Trinajstić information content (AvgIpc) is 3.25. The maximum absolute atomic E-state index is 13.4. The molecule has 7 nitrogen and oxygen atoms in total. The minimum absolute atomic E-state index is 0.233. The standard InChI is InChI=1S/C27H22FN3O4S/c28-16-11-9-15(10-12-16)21-13-19(17-5-1-3-7-20(17)30-21)27(34)35-14-23(32)31-26-24(25(29)33)18-6-2-4-8-22(18)36-26/h1,3,5,7,9-13H,2,4,6,8,14H2,(H2,29,33)(H,31,32). The fraction of sp³-hybridized carbons (Fsp3) is 0.185. The van der Waals surface area contributed by atoms with E-state index in [0.29, 0.717) is 32.7 Å². The highest BCUT2D eigenvalue weighted by molar-refractivity contribution is 7.17. The molecule has 0 bridgehead atoms. The van der Waals surface area contributed by atoms with Crippen molar-refractivity contribution in [1.82, 2.24) is 4.98 Å². The number of thiophene rings is 1. The van der Waals surface area contributed by atoms with Gasteiger partial charge in [-0.3, -0.25) is 9.59 Å². The van der Waals surface area contributed by atoms with Gasteiger partial charge in [-0.15, -0.1) is 11.3 Å². The molecule has 9 heteroatoms. The van der Waals surface area contributed by atoms with E-state index in [1.165, 1.54) is 23.5 Å². The summed E-state index contributed by atoms with van der Waals surface area (Å²) in [6.45, 7) is -0.540. The molecule has 0 radical (unpaired) electrons. The molecule has 0 saturated carbocycles. The van der Waals surface area contributed by atoms with E-state index in [4.69, 9.17) is 10.5 Å². The van der Waals surface area contributed by atoms with E-state index in [1.807, 2.05) is 0 Å². The van der Waals surface area contributed by atoms with Gasteiger partial charge in [-0.1, -0.05) is 18.2 Å². The van der Waals surface area contributed by atoms with Crippen molar-refractivity contribution in [3.8, 4) is 11.3 Å². The summed E-state index contributed by atoms with van der Waals surface area (Å²) in [5, 5.41) is 3.65. The predicted molar refractivity (Wildman–Crippen MR) is 136 cm³/mol. The van der Waals surface area contributed by atoms with Crippen LogP contribution in [0.15, 0.2) is 54.6 Å². The van der Waals surface area contributed by atoms with Gasteiger partial charge in [0, 0.05) is 15.8 Å². The van der Waals surface area contributed by atoms with Gasteiger partial charge < -0.3 is 15.8 Å². The number of hydrogen-bond donors (Lipinski definition) is 2. The molecule has 3 N–H and O–H groups in total. The third-order valence-corrected chi connectivity index (χ3v) is 7.29. The molecule has 2 aromatic carbocycles. The van der Waals surface area contributed by atoms with Crippen LogP contribution >= 0.6 is 11.3 Å². The Balaban J connectivity index is 1.36. The van der Waals surface area contributed by atoms with Crippen molar-refractivity contribution in [1.29, 1.82) is 0 Å². The number of halogens is 1. The van der Waals surface area contributed by atoms with Gasteiger partial charge in [-0.25, -0.2) is 14.2 Å². The number of nitrogens with one attached hydrogen (secondary N) is 1. The number of primary amides is 1. The van der Waals surface area contributed by atoms with Crippen LogP contribution in [0.3, 0.4) is 0 Å².